The fourth-order valence-corrected chi connectivity index (χ4v) is 2.31. The van der Waals surface area contributed by atoms with Crippen molar-refractivity contribution in [2.24, 2.45) is 0 Å². The van der Waals surface area contributed by atoms with E-state index in [1.54, 1.807) is 11.3 Å². The molecule has 2 heterocycles. The Labute approximate surface area is 121 Å². The van der Waals surface area contributed by atoms with Crippen molar-refractivity contribution in [1.29, 1.82) is 0 Å². The number of anilines is 1. The highest BCUT2D eigenvalue weighted by Crippen LogP contribution is 2.17. The highest BCUT2D eigenvalue weighted by Gasteiger charge is 2.17. The molecule has 5 heteroatoms. The zero-order chi connectivity index (χ0) is 15.0. The number of aromatic nitrogens is 2. The second kappa shape index (κ2) is 5.01. The number of benzene rings is 1. The van der Waals surface area contributed by atoms with Gasteiger partial charge >= 0.3 is 0 Å². The summed E-state index contributed by atoms with van der Waals surface area (Å²) in [6.07, 6.45) is 1.81. The lowest BCUT2D eigenvalue weighted by molar-refractivity contribution is 0.102. The Bertz CT molecular complexity index is 821. The zero-order valence-electron chi connectivity index (χ0n) is 11.7. The number of hydrogen-bond acceptors (Lipinski definition) is 2. The van der Waals surface area contributed by atoms with Gasteiger partial charge in [0.1, 0.15) is 17.2 Å². The Morgan fingerprint density at radius 1 is 1.19 bits per heavy atom. The van der Waals surface area contributed by atoms with Crippen molar-refractivity contribution in [2.45, 2.75) is 13.8 Å². The van der Waals surface area contributed by atoms with Gasteiger partial charge in [0.25, 0.3) is 5.91 Å². The third-order valence-electron chi connectivity index (χ3n) is 3.34. The van der Waals surface area contributed by atoms with Gasteiger partial charge in [0.15, 0.2) is 0 Å². The number of amides is 1. The summed E-state index contributed by atoms with van der Waals surface area (Å²) in [5.41, 5.74) is 3.45. The van der Waals surface area contributed by atoms with E-state index >= 15 is 0 Å². The Hall–Kier alpha value is -2.69. The number of imidazole rings is 1. The maximum Gasteiger partial charge on any atom is 0.274 e. The molecule has 0 radical (unpaired) electrons. The summed E-state index contributed by atoms with van der Waals surface area (Å²) in [5.74, 6) is -0.605. The lowest BCUT2D eigenvalue weighted by Crippen LogP contribution is -2.15. The van der Waals surface area contributed by atoms with Gasteiger partial charge in [-0.1, -0.05) is 6.07 Å². The van der Waals surface area contributed by atoms with Crippen LogP contribution in [0.4, 0.5) is 10.1 Å². The first kappa shape index (κ1) is 13.3. The third-order valence-corrected chi connectivity index (χ3v) is 3.34. The molecular weight excluding hydrogens is 269 g/mol. The Morgan fingerprint density at radius 3 is 2.62 bits per heavy atom. The number of aryl methyl sites for hydroxylation is 2. The fraction of sp³-hybridized carbons (Fsp3) is 0.125. The van der Waals surface area contributed by atoms with Gasteiger partial charge in [-0.2, -0.15) is 0 Å². The topological polar surface area (TPSA) is 46.4 Å². The number of carbonyl (C=O) groups excluding carboxylic acids is 1. The monoisotopic (exact) mass is 283 g/mol. The van der Waals surface area contributed by atoms with E-state index in [1.165, 1.54) is 24.3 Å². The van der Waals surface area contributed by atoms with Gasteiger partial charge in [0, 0.05) is 11.9 Å². The van der Waals surface area contributed by atoms with Gasteiger partial charge in [-0.05, 0) is 49.7 Å². The van der Waals surface area contributed by atoms with E-state index in [0.29, 0.717) is 17.1 Å². The minimum Gasteiger partial charge on any atom is -0.321 e. The third kappa shape index (κ3) is 2.38. The van der Waals surface area contributed by atoms with E-state index in [2.05, 4.69) is 10.3 Å². The van der Waals surface area contributed by atoms with Gasteiger partial charge in [-0.25, -0.2) is 9.37 Å². The highest BCUT2D eigenvalue weighted by atomic mass is 19.1. The summed E-state index contributed by atoms with van der Waals surface area (Å²) >= 11 is 0. The first-order chi connectivity index (χ1) is 10.1. The molecule has 0 aliphatic carbocycles. The van der Waals surface area contributed by atoms with Crippen LogP contribution < -0.4 is 5.32 Å². The van der Waals surface area contributed by atoms with Gasteiger partial charge in [-0.3, -0.25) is 9.20 Å². The second-order valence-corrected chi connectivity index (χ2v) is 4.89. The van der Waals surface area contributed by atoms with E-state index in [9.17, 15) is 9.18 Å². The standard InChI is InChI=1S/C16H14FN3O/c1-10-4-3-9-20-14(11(2)18-15(10)20)16(21)19-13-7-5-12(17)6-8-13/h3-9H,1-2H3,(H,19,21). The number of nitrogens with zero attached hydrogens (tertiary/aromatic N) is 2. The number of halogens is 1. The molecule has 0 saturated heterocycles. The molecule has 1 amide bonds. The minimum atomic E-state index is -0.338. The molecule has 0 spiro atoms. The van der Waals surface area contributed by atoms with Crippen molar-refractivity contribution in [3.05, 3.63) is 65.4 Å². The SMILES string of the molecule is Cc1nc2c(C)cccn2c1C(=O)Nc1ccc(F)cc1. The van der Waals surface area contributed by atoms with Crippen molar-refractivity contribution in [1.82, 2.24) is 9.38 Å². The van der Waals surface area contributed by atoms with E-state index in [0.717, 1.165) is 11.2 Å². The lowest BCUT2D eigenvalue weighted by atomic mass is 10.2. The van der Waals surface area contributed by atoms with Crippen molar-refractivity contribution in [3.63, 3.8) is 0 Å². The van der Waals surface area contributed by atoms with Crippen LogP contribution in [0.15, 0.2) is 42.6 Å². The summed E-state index contributed by atoms with van der Waals surface area (Å²) in [5, 5.41) is 2.76. The summed E-state index contributed by atoms with van der Waals surface area (Å²) < 4.78 is 14.7. The molecule has 0 saturated carbocycles. The molecule has 1 N–H and O–H groups in total. The number of fused-ring (bicyclic) bond motifs is 1. The fourth-order valence-electron chi connectivity index (χ4n) is 2.31. The molecule has 0 atom stereocenters. The number of rotatable bonds is 2. The van der Waals surface area contributed by atoms with Gasteiger partial charge in [-0.15, -0.1) is 0 Å². The summed E-state index contributed by atoms with van der Waals surface area (Å²) in [4.78, 5) is 16.9. The van der Waals surface area contributed by atoms with Crippen molar-refractivity contribution in [2.75, 3.05) is 5.32 Å². The van der Waals surface area contributed by atoms with Crippen LogP contribution in [0.3, 0.4) is 0 Å². The lowest BCUT2D eigenvalue weighted by Gasteiger charge is -2.06. The molecule has 1 aromatic carbocycles. The van der Waals surface area contributed by atoms with E-state index in [4.69, 9.17) is 0 Å². The molecule has 2 aromatic heterocycles. The molecule has 21 heavy (non-hydrogen) atoms. The summed E-state index contributed by atoms with van der Waals surface area (Å²) in [6, 6.07) is 9.48. The summed E-state index contributed by atoms with van der Waals surface area (Å²) in [7, 11) is 0. The van der Waals surface area contributed by atoms with Crippen LogP contribution in [0.5, 0.6) is 0 Å². The molecule has 4 nitrogen and oxygen atoms in total. The predicted molar refractivity (Wildman–Crippen MR) is 79.0 cm³/mol. The molecule has 0 aliphatic rings. The van der Waals surface area contributed by atoms with Crippen LogP contribution in [-0.4, -0.2) is 15.3 Å². The van der Waals surface area contributed by atoms with Crippen molar-refractivity contribution >= 4 is 17.2 Å². The zero-order valence-corrected chi connectivity index (χ0v) is 11.7. The van der Waals surface area contributed by atoms with Crippen molar-refractivity contribution < 1.29 is 9.18 Å². The van der Waals surface area contributed by atoms with Crippen LogP contribution in [0.1, 0.15) is 21.7 Å². The molecule has 3 aromatic rings. The second-order valence-electron chi connectivity index (χ2n) is 4.89. The van der Waals surface area contributed by atoms with Gasteiger partial charge in [0.05, 0.1) is 5.69 Å². The smallest absolute Gasteiger partial charge is 0.274 e. The number of carbonyl (C=O) groups is 1. The predicted octanol–water partition coefficient (Wildman–Crippen LogP) is 3.34. The maximum absolute atomic E-state index is 12.9. The molecular formula is C16H14FN3O. The van der Waals surface area contributed by atoms with E-state index in [-0.39, 0.29) is 11.7 Å². The molecule has 0 bridgehead atoms. The Balaban J connectivity index is 2.00. The molecule has 0 unspecified atom stereocenters. The van der Waals surface area contributed by atoms with Gasteiger partial charge in [0.2, 0.25) is 0 Å². The molecule has 106 valence electrons. The first-order valence-corrected chi connectivity index (χ1v) is 6.57. The summed E-state index contributed by atoms with van der Waals surface area (Å²) in [6.45, 7) is 3.75. The largest absolute Gasteiger partial charge is 0.321 e. The van der Waals surface area contributed by atoms with E-state index < -0.39 is 0 Å². The van der Waals surface area contributed by atoms with Gasteiger partial charge < -0.3 is 5.32 Å². The highest BCUT2D eigenvalue weighted by molar-refractivity contribution is 6.04. The normalized spacial score (nSPS) is 10.8. The van der Waals surface area contributed by atoms with E-state index in [1.807, 2.05) is 25.3 Å². The minimum absolute atomic E-state index is 0.266. The average molecular weight is 283 g/mol. The van der Waals surface area contributed by atoms with Crippen LogP contribution in [-0.2, 0) is 0 Å². The maximum atomic E-state index is 12.9. The number of nitrogens with one attached hydrogen (secondary N) is 1. The molecule has 0 fully saturated rings. The Morgan fingerprint density at radius 2 is 1.90 bits per heavy atom. The quantitative estimate of drug-likeness (QED) is 0.784. The van der Waals surface area contributed by atoms with Crippen LogP contribution in [0.2, 0.25) is 0 Å². The number of pyridine rings is 1. The molecule has 3 rings (SSSR count). The average Bonchev–Trinajstić information content (AvgIpc) is 2.79. The first-order valence-electron chi connectivity index (χ1n) is 6.57. The van der Waals surface area contributed by atoms with Crippen LogP contribution >= 0.6 is 0 Å². The molecule has 0 aliphatic heterocycles. The van der Waals surface area contributed by atoms with Crippen LogP contribution in [0.25, 0.3) is 5.65 Å². The van der Waals surface area contributed by atoms with Crippen molar-refractivity contribution in [3.8, 4) is 0 Å². The van der Waals surface area contributed by atoms with Crippen LogP contribution in [0, 0.1) is 19.7 Å². The Kier molecular flexibility index (Phi) is 3.17. The number of hydrogen-bond donors (Lipinski definition) is 1.